The van der Waals surface area contributed by atoms with Crippen molar-refractivity contribution in [3.63, 3.8) is 0 Å². The Labute approximate surface area is 151 Å². The van der Waals surface area contributed by atoms with Gasteiger partial charge in [0.25, 0.3) is 0 Å². The highest BCUT2D eigenvalue weighted by Crippen LogP contribution is 2.29. The van der Waals surface area contributed by atoms with Gasteiger partial charge in [-0.3, -0.25) is 0 Å². The molecule has 0 radical (unpaired) electrons. The van der Waals surface area contributed by atoms with Crippen LogP contribution in [0.15, 0.2) is 47.5 Å². The Hall–Kier alpha value is -2.09. The fraction of sp³-hybridized carbons (Fsp3) is 0.435. The topological polar surface area (TPSA) is 21.6 Å². The minimum absolute atomic E-state index is 0.140. The number of aryl methyl sites for hydroxylation is 4. The lowest BCUT2D eigenvalue weighted by atomic mass is 9.88. The van der Waals surface area contributed by atoms with E-state index in [2.05, 4.69) is 63.2 Å². The van der Waals surface area contributed by atoms with Crippen molar-refractivity contribution in [1.82, 2.24) is 0 Å². The highest BCUT2D eigenvalue weighted by molar-refractivity contribution is 5.97. The third kappa shape index (κ3) is 3.49. The molecule has 0 saturated carbocycles. The van der Waals surface area contributed by atoms with Gasteiger partial charge in [0.05, 0.1) is 6.04 Å². The first-order chi connectivity index (χ1) is 12.0. The summed E-state index contributed by atoms with van der Waals surface area (Å²) in [5, 5.41) is 0. The normalized spacial score (nSPS) is 20.0. The summed E-state index contributed by atoms with van der Waals surface area (Å²) in [5.41, 5.74) is 6.88. The number of benzene rings is 2. The summed E-state index contributed by atoms with van der Waals surface area (Å²) in [7, 11) is 0. The molecule has 4 aliphatic carbocycles. The smallest absolute Gasteiger partial charge is 0.216 e. The molecule has 0 amide bonds. The van der Waals surface area contributed by atoms with E-state index in [1.807, 2.05) is 0 Å². The maximum absolute atomic E-state index is 6.04. The van der Waals surface area contributed by atoms with Crippen molar-refractivity contribution in [3.05, 3.63) is 70.3 Å². The van der Waals surface area contributed by atoms with Gasteiger partial charge in [0.2, 0.25) is 5.90 Å². The lowest BCUT2D eigenvalue weighted by molar-refractivity contribution is 0.236. The molecule has 0 N–H and O–H groups in total. The van der Waals surface area contributed by atoms with Crippen LogP contribution in [0, 0.1) is 5.41 Å². The number of ether oxygens (including phenoxy) is 1. The molecular formula is C23H27NO. The molecule has 0 unspecified atom stereocenters. The van der Waals surface area contributed by atoms with Gasteiger partial charge in [0.1, 0.15) is 6.61 Å². The van der Waals surface area contributed by atoms with Gasteiger partial charge in [-0.15, -0.1) is 0 Å². The number of hydrogen-bond acceptors (Lipinski definition) is 2. The number of nitrogens with zero attached hydrogens (tertiary/aromatic N) is 1. The molecule has 130 valence electrons. The van der Waals surface area contributed by atoms with Crippen LogP contribution >= 0.6 is 0 Å². The van der Waals surface area contributed by atoms with Crippen LogP contribution in [-0.4, -0.2) is 18.5 Å². The standard InChI is InChI=1S/C23H27NO/c1-23(2,3)21-15-25-22(24-21)20-14-18-9-8-16-4-6-17(7-5-16)10-12-19(20)13-11-18/h4-7,11,13-14,21H,8-10,12,15H2,1-3H3/t21-/m1/s1. The number of aliphatic imine (C=N–C) groups is 1. The molecule has 7 rings (SSSR count). The summed E-state index contributed by atoms with van der Waals surface area (Å²) in [4.78, 5) is 4.94. The Morgan fingerprint density at radius 2 is 1.44 bits per heavy atom. The maximum atomic E-state index is 6.04. The van der Waals surface area contributed by atoms with E-state index in [9.17, 15) is 0 Å². The van der Waals surface area contributed by atoms with E-state index in [0.29, 0.717) is 6.61 Å². The second kappa shape index (κ2) is 6.33. The van der Waals surface area contributed by atoms with Crippen molar-refractivity contribution >= 4 is 5.90 Å². The van der Waals surface area contributed by atoms with Gasteiger partial charge in [-0.05, 0) is 59.4 Å². The van der Waals surface area contributed by atoms with Gasteiger partial charge in [0, 0.05) is 5.56 Å². The van der Waals surface area contributed by atoms with E-state index in [-0.39, 0.29) is 11.5 Å². The first-order valence-corrected chi connectivity index (χ1v) is 9.40. The third-order valence-corrected chi connectivity index (χ3v) is 5.46. The zero-order valence-corrected chi connectivity index (χ0v) is 15.5. The van der Waals surface area contributed by atoms with Crippen molar-refractivity contribution in [3.8, 4) is 0 Å². The van der Waals surface area contributed by atoms with Crippen molar-refractivity contribution in [2.45, 2.75) is 52.5 Å². The molecule has 0 fully saturated rings. The molecule has 25 heavy (non-hydrogen) atoms. The molecule has 0 aromatic heterocycles. The van der Waals surface area contributed by atoms with Crippen LogP contribution < -0.4 is 0 Å². The maximum Gasteiger partial charge on any atom is 0.216 e. The predicted molar refractivity (Wildman–Crippen MR) is 103 cm³/mol. The first-order valence-electron chi connectivity index (χ1n) is 9.40. The molecule has 5 aliphatic rings. The monoisotopic (exact) mass is 333 g/mol. The van der Waals surface area contributed by atoms with Gasteiger partial charge in [0.15, 0.2) is 0 Å². The second-order valence-electron chi connectivity index (χ2n) is 8.44. The van der Waals surface area contributed by atoms with Gasteiger partial charge in [-0.25, -0.2) is 4.99 Å². The quantitative estimate of drug-likeness (QED) is 0.737. The molecule has 1 aliphatic heterocycles. The molecule has 0 spiro atoms. The van der Waals surface area contributed by atoms with Gasteiger partial charge in [-0.2, -0.15) is 0 Å². The van der Waals surface area contributed by atoms with E-state index in [1.54, 1.807) is 0 Å². The molecule has 1 heterocycles. The Kier molecular flexibility index (Phi) is 4.15. The van der Waals surface area contributed by atoms with Crippen molar-refractivity contribution in [2.24, 2.45) is 10.4 Å². The second-order valence-corrected chi connectivity index (χ2v) is 8.44. The summed E-state index contributed by atoms with van der Waals surface area (Å²) in [5.74, 6) is 0.850. The van der Waals surface area contributed by atoms with Crippen molar-refractivity contribution in [2.75, 3.05) is 6.61 Å². The first kappa shape index (κ1) is 16.4. The summed E-state index contributed by atoms with van der Waals surface area (Å²) in [6, 6.07) is 16.2. The lowest BCUT2D eigenvalue weighted by Crippen LogP contribution is -2.25. The predicted octanol–water partition coefficient (Wildman–Crippen LogP) is 4.76. The van der Waals surface area contributed by atoms with E-state index in [0.717, 1.165) is 31.6 Å². The minimum atomic E-state index is 0.140. The SMILES string of the molecule is CC(C)(C)[C@H]1COC(c2cc3ccc2CCc2ccc(cc2)CC3)=N1. The van der Waals surface area contributed by atoms with Crippen LogP contribution in [0.2, 0.25) is 0 Å². The summed E-state index contributed by atoms with van der Waals surface area (Å²) >= 11 is 0. The number of hydrogen-bond donors (Lipinski definition) is 0. The van der Waals surface area contributed by atoms with Gasteiger partial charge in [-0.1, -0.05) is 57.2 Å². The Morgan fingerprint density at radius 1 is 0.840 bits per heavy atom. The van der Waals surface area contributed by atoms with E-state index >= 15 is 0 Å². The average molecular weight is 333 g/mol. The largest absolute Gasteiger partial charge is 0.475 e. The molecule has 2 aromatic carbocycles. The zero-order valence-electron chi connectivity index (χ0n) is 15.5. The van der Waals surface area contributed by atoms with Crippen molar-refractivity contribution < 1.29 is 4.74 Å². The Morgan fingerprint density at radius 3 is 2.08 bits per heavy atom. The Balaban J connectivity index is 1.70. The van der Waals surface area contributed by atoms with Gasteiger partial charge < -0.3 is 4.74 Å². The fourth-order valence-corrected chi connectivity index (χ4v) is 3.60. The van der Waals surface area contributed by atoms with Crippen LogP contribution in [0.25, 0.3) is 0 Å². The molecule has 0 saturated heterocycles. The molecule has 2 heteroatoms. The highest BCUT2D eigenvalue weighted by atomic mass is 16.5. The average Bonchev–Trinajstić information content (AvgIpc) is 3.07. The van der Waals surface area contributed by atoms with Crippen LogP contribution in [0.4, 0.5) is 0 Å². The molecule has 2 nitrogen and oxygen atoms in total. The van der Waals surface area contributed by atoms with E-state index < -0.39 is 0 Å². The summed E-state index contributed by atoms with van der Waals surface area (Å²) < 4.78 is 6.04. The fourth-order valence-electron chi connectivity index (χ4n) is 3.60. The van der Waals surface area contributed by atoms with E-state index in [4.69, 9.17) is 9.73 Å². The summed E-state index contributed by atoms with van der Waals surface area (Å²) in [6.45, 7) is 7.41. The molecular weight excluding hydrogens is 306 g/mol. The highest BCUT2D eigenvalue weighted by Gasteiger charge is 2.31. The van der Waals surface area contributed by atoms with Crippen LogP contribution in [0.3, 0.4) is 0 Å². The van der Waals surface area contributed by atoms with Crippen molar-refractivity contribution in [1.29, 1.82) is 0 Å². The zero-order chi connectivity index (χ0) is 17.4. The Bertz CT molecular complexity index is 796. The third-order valence-electron chi connectivity index (χ3n) is 5.46. The number of rotatable bonds is 1. The van der Waals surface area contributed by atoms with Gasteiger partial charge >= 0.3 is 0 Å². The minimum Gasteiger partial charge on any atom is -0.475 e. The van der Waals surface area contributed by atoms with E-state index in [1.165, 1.54) is 27.8 Å². The van der Waals surface area contributed by atoms with Crippen LogP contribution in [0.5, 0.6) is 0 Å². The van der Waals surface area contributed by atoms with Crippen LogP contribution in [0.1, 0.15) is 48.6 Å². The van der Waals surface area contributed by atoms with Crippen LogP contribution in [-0.2, 0) is 30.4 Å². The summed E-state index contributed by atoms with van der Waals surface area (Å²) in [6.07, 6.45) is 4.22. The molecule has 4 bridgehead atoms. The molecule has 2 aromatic rings. The molecule has 1 atom stereocenters. The lowest BCUT2D eigenvalue weighted by Gasteiger charge is -2.21.